The van der Waals surface area contributed by atoms with E-state index in [9.17, 15) is 31.2 Å². The Kier molecular flexibility index (Phi) is 11.0. The van der Waals surface area contributed by atoms with E-state index in [-0.39, 0.29) is 30.6 Å². The molecule has 3 aromatic carbocycles. The molecule has 0 spiro atoms. The van der Waals surface area contributed by atoms with Crippen molar-refractivity contribution in [1.29, 1.82) is 0 Å². The zero-order valence-corrected chi connectivity index (χ0v) is 27.0. The van der Waals surface area contributed by atoms with E-state index in [4.69, 9.17) is 11.6 Å². The fourth-order valence-electron chi connectivity index (χ4n) is 5.21. The van der Waals surface area contributed by atoms with Crippen LogP contribution in [0.2, 0.25) is 5.02 Å². The van der Waals surface area contributed by atoms with Crippen LogP contribution in [0.1, 0.15) is 42.4 Å². The summed E-state index contributed by atoms with van der Waals surface area (Å²) in [4.78, 5) is 29.3. The highest BCUT2D eigenvalue weighted by Crippen LogP contribution is 2.37. The predicted octanol–water partition coefficient (Wildman–Crippen LogP) is 6.59. The van der Waals surface area contributed by atoms with Gasteiger partial charge in [0.1, 0.15) is 12.6 Å². The molecule has 13 heteroatoms. The van der Waals surface area contributed by atoms with Gasteiger partial charge in [0.25, 0.3) is 0 Å². The van der Waals surface area contributed by atoms with Gasteiger partial charge in [-0.3, -0.25) is 13.9 Å². The van der Waals surface area contributed by atoms with Crippen LogP contribution >= 0.6 is 27.5 Å². The minimum absolute atomic E-state index is 0.0479. The number of nitrogens with zero attached hydrogens (tertiary/aromatic N) is 2. The highest BCUT2D eigenvalue weighted by Gasteiger charge is 2.37. The number of benzene rings is 3. The summed E-state index contributed by atoms with van der Waals surface area (Å²) < 4.78 is 68.2. The Morgan fingerprint density at radius 2 is 1.64 bits per heavy atom. The smallest absolute Gasteiger partial charge is 0.352 e. The predicted molar refractivity (Wildman–Crippen MR) is 168 cm³/mol. The first kappa shape index (κ1) is 33.8. The van der Waals surface area contributed by atoms with Gasteiger partial charge in [-0.15, -0.1) is 0 Å². The maximum Gasteiger partial charge on any atom is 0.417 e. The third kappa shape index (κ3) is 8.98. The molecule has 1 atom stereocenters. The van der Waals surface area contributed by atoms with E-state index in [1.54, 1.807) is 24.3 Å². The number of carbonyl (C=O) groups excluding carboxylic acids is 2. The van der Waals surface area contributed by atoms with Crippen molar-refractivity contribution >= 4 is 55.1 Å². The van der Waals surface area contributed by atoms with Gasteiger partial charge in [0.05, 0.1) is 22.5 Å². The van der Waals surface area contributed by atoms with Crippen molar-refractivity contribution in [1.82, 2.24) is 10.2 Å². The molecule has 0 heterocycles. The average Bonchev–Trinajstić information content (AvgIpc) is 3.47. The Hall–Kier alpha value is -3.09. The normalized spacial score (nSPS) is 14.7. The van der Waals surface area contributed by atoms with E-state index in [2.05, 4.69) is 21.2 Å². The standard InChI is InChI=1S/C31H32BrClF3N3O4S/c1-44(42,43)39(25-15-16-27(33)26(18-25)31(34,35)36)20-29(40)38(19-22-11-13-23(32)14-12-22)28(17-21-7-3-2-4-8-21)30(41)37-24-9-5-6-10-24/h2-4,7-8,11-16,18,24,28H,5-6,9-10,17,19-20H2,1H3,(H,37,41)/t28-/m0/s1. The molecule has 2 amide bonds. The van der Waals surface area contributed by atoms with E-state index >= 15 is 0 Å². The van der Waals surface area contributed by atoms with Crippen LogP contribution in [-0.2, 0) is 38.8 Å². The number of sulfonamides is 1. The Morgan fingerprint density at radius 3 is 2.23 bits per heavy atom. The van der Waals surface area contributed by atoms with Gasteiger partial charge in [-0.1, -0.05) is 82.8 Å². The molecule has 0 saturated heterocycles. The molecule has 4 rings (SSSR count). The van der Waals surface area contributed by atoms with Gasteiger partial charge in [-0.25, -0.2) is 8.42 Å². The molecule has 0 aliphatic heterocycles. The second kappa shape index (κ2) is 14.3. The van der Waals surface area contributed by atoms with Crippen LogP contribution in [0.5, 0.6) is 0 Å². The molecule has 1 aliphatic rings. The zero-order valence-electron chi connectivity index (χ0n) is 23.9. The number of nitrogens with one attached hydrogen (secondary N) is 1. The SMILES string of the molecule is CS(=O)(=O)N(CC(=O)N(Cc1ccc(Br)cc1)[C@@H](Cc1ccccc1)C(=O)NC1CCCC1)c1ccc(Cl)c(C(F)(F)F)c1. The lowest BCUT2D eigenvalue weighted by molar-refractivity contribution is -0.140. The van der Waals surface area contributed by atoms with Crippen LogP contribution in [0.25, 0.3) is 0 Å². The summed E-state index contributed by atoms with van der Waals surface area (Å²) >= 11 is 9.15. The summed E-state index contributed by atoms with van der Waals surface area (Å²) in [6.45, 7) is -0.885. The van der Waals surface area contributed by atoms with Crippen LogP contribution in [0, 0.1) is 0 Å². The van der Waals surface area contributed by atoms with Crippen molar-refractivity contribution in [3.63, 3.8) is 0 Å². The molecule has 1 fully saturated rings. The van der Waals surface area contributed by atoms with Crippen molar-refractivity contribution < 1.29 is 31.2 Å². The van der Waals surface area contributed by atoms with Gasteiger partial charge >= 0.3 is 6.18 Å². The van der Waals surface area contributed by atoms with Crippen LogP contribution in [0.3, 0.4) is 0 Å². The molecule has 1 saturated carbocycles. The summed E-state index contributed by atoms with van der Waals surface area (Å²) in [7, 11) is -4.25. The lowest BCUT2D eigenvalue weighted by Crippen LogP contribution is -2.54. The number of hydrogen-bond donors (Lipinski definition) is 1. The van der Waals surface area contributed by atoms with Gasteiger partial charge in [-0.05, 0) is 54.3 Å². The van der Waals surface area contributed by atoms with Crippen molar-refractivity contribution in [3.8, 4) is 0 Å². The number of hydrogen-bond acceptors (Lipinski definition) is 4. The van der Waals surface area contributed by atoms with Crippen LogP contribution in [0.4, 0.5) is 18.9 Å². The minimum atomic E-state index is -4.85. The number of amides is 2. The lowest BCUT2D eigenvalue weighted by Gasteiger charge is -2.34. The number of anilines is 1. The van der Waals surface area contributed by atoms with Gasteiger partial charge < -0.3 is 10.2 Å². The average molecular weight is 715 g/mol. The first-order valence-electron chi connectivity index (χ1n) is 13.9. The molecule has 44 heavy (non-hydrogen) atoms. The molecular formula is C31H32BrClF3N3O4S. The van der Waals surface area contributed by atoms with E-state index < -0.39 is 45.3 Å². The Morgan fingerprint density at radius 1 is 1.00 bits per heavy atom. The maximum absolute atomic E-state index is 14.1. The van der Waals surface area contributed by atoms with Gasteiger partial charge in [0.15, 0.2) is 0 Å². The largest absolute Gasteiger partial charge is 0.417 e. The van der Waals surface area contributed by atoms with E-state index in [1.165, 1.54) is 4.90 Å². The Bertz CT molecular complexity index is 1570. The second-order valence-electron chi connectivity index (χ2n) is 10.8. The molecule has 0 unspecified atom stereocenters. The Labute approximate surface area is 268 Å². The van der Waals surface area contributed by atoms with E-state index in [1.807, 2.05) is 30.3 Å². The van der Waals surface area contributed by atoms with Crippen molar-refractivity contribution in [2.24, 2.45) is 0 Å². The summed E-state index contributed by atoms with van der Waals surface area (Å²) in [5.41, 5.74) is -0.163. The third-order valence-corrected chi connectivity index (χ3v) is 9.46. The van der Waals surface area contributed by atoms with Crippen molar-refractivity contribution in [2.75, 3.05) is 17.1 Å². The zero-order chi connectivity index (χ0) is 32.1. The molecular weight excluding hydrogens is 683 g/mol. The van der Waals surface area contributed by atoms with Crippen molar-refractivity contribution in [3.05, 3.63) is 99.0 Å². The number of carbonyl (C=O) groups is 2. The monoisotopic (exact) mass is 713 g/mol. The van der Waals surface area contributed by atoms with E-state index in [0.717, 1.165) is 54.1 Å². The summed E-state index contributed by atoms with van der Waals surface area (Å²) in [5, 5.41) is 2.46. The molecule has 3 aromatic rings. The molecule has 0 radical (unpaired) electrons. The Balaban J connectivity index is 1.75. The topological polar surface area (TPSA) is 86.8 Å². The van der Waals surface area contributed by atoms with Crippen LogP contribution in [0.15, 0.2) is 77.3 Å². The number of rotatable bonds is 11. The second-order valence-corrected chi connectivity index (χ2v) is 14.0. The molecule has 0 aromatic heterocycles. The fraction of sp³-hybridized carbons (Fsp3) is 0.355. The minimum Gasteiger partial charge on any atom is -0.352 e. The van der Waals surface area contributed by atoms with Gasteiger partial charge in [-0.2, -0.15) is 13.2 Å². The van der Waals surface area contributed by atoms with Gasteiger partial charge in [0, 0.05) is 23.5 Å². The lowest BCUT2D eigenvalue weighted by atomic mass is 10.0. The van der Waals surface area contributed by atoms with Crippen LogP contribution < -0.4 is 9.62 Å². The summed E-state index contributed by atoms with van der Waals surface area (Å²) in [6, 6.07) is 17.8. The number of alkyl halides is 3. The van der Waals surface area contributed by atoms with E-state index in [0.29, 0.717) is 15.9 Å². The molecule has 7 nitrogen and oxygen atoms in total. The quantitative estimate of drug-likeness (QED) is 0.243. The highest BCUT2D eigenvalue weighted by atomic mass is 79.9. The maximum atomic E-state index is 14.1. The molecule has 0 bridgehead atoms. The summed E-state index contributed by atoms with van der Waals surface area (Å²) in [5.74, 6) is -1.15. The number of halogens is 5. The molecule has 1 N–H and O–H groups in total. The first-order valence-corrected chi connectivity index (χ1v) is 17.0. The fourth-order valence-corrected chi connectivity index (χ4v) is 6.54. The highest BCUT2D eigenvalue weighted by molar-refractivity contribution is 9.10. The van der Waals surface area contributed by atoms with Crippen molar-refractivity contribution in [2.45, 2.75) is 56.9 Å². The molecule has 1 aliphatic carbocycles. The van der Waals surface area contributed by atoms with Crippen LogP contribution in [-0.4, -0.2) is 50.0 Å². The first-order chi connectivity index (χ1) is 20.7. The summed E-state index contributed by atoms with van der Waals surface area (Å²) in [6.07, 6.45) is -0.350. The molecule has 236 valence electrons. The van der Waals surface area contributed by atoms with Gasteiger partial charge in [0.2, 0.25) is 21.8 Å². The third-order valence-electron chi connectivity index (χ3n) is 7.46.